The molecule has 0 radical (unpaired) electrons. The van der Waals surface area contributed by atoms with Gasteiger partial charge in [0.1, 0.15) is 11.6 Å². The molecule has 2 aromatic carbocycles. The highest BCUT2D eigenvalue weighted by atomic mass is 15.5. The van der Waals surface area contributed by atoms with Crippen molar-refractivity contribution in [3.63, 3.8) is 0 Å². The first kappa shape index (κ1) is 14.7. The summed E-state index contributed by atoms with van der Waals surface area (Å²) in [6, 6.07) is 20.3. The predicted octanol–water partition coefficient (Wildman–Crippen LogP) is 3.12. The molecule has 0 fully saturated rings. The van der Waals surface area contributed by atoms with Crippen LogP contribution in [-0.2, 0) is 0 Å². The molecule has 0 spiro atoms. The van der Waals surface area contributed by atoms with E-state index in [4.69, 9.17) is 5.26 Å². The quantitative estimate of drug-likeness (QED) is 0.562. The van der Waals surface area contributed by atoms with Crippen molar-refractivity contribution >= 4 is 22.2 Å². The lowest BCUT2D eigenvalue weighted by atomic mass is 10.2. The predicted molar refractivity (Wildman–Crippen MR) is 94.7 cm³/mol. The third-order valence-electron chi connectivity index (χ3n) is 3.83. The third-order valence-corrected chi connectivity index (χ3v) is 3.83. The lowest BCUT2D eigenvalue weighted by Crippen LogP contribution is -1.95. The molecule has 0 bridgehead atoms. The maximum absolute atomic E-state index is 9.16. The van der Waals surface area contributed by atoms with Crippen LogP contribution in [0.4, 0.5) is 5.69 Å². The Balaban J connectivity index is 1.57. The molecular formula is C18H13N7. The average molecular weight is 327 g/mol. The SMILES string of the molecule is N#CC(=CNc1ccc(-n2ccc3ccccc32)cc1)c1nn[nH]n1. The number of aromatic nitrogens is 5. The minimum Gasteiger partial charge on any atom is -0.360 e. The summed E-state index contributed by atoms with van der Waals surface area (Å²) in [5.74, 6) is 0.255. The van der Waals surface area contributed by atoms with Gasteiger partial charge in [-0.15, -0.1) is 10.2 Å². The van der Waals surface area contributed by atoms with Crippen LogP contribution in [0.15, 0.2) is 67.0 Å². The number of fused-ring (bicyclic) bond motifs is 1. The van der Waals surface area contributed by atoms with E-state index >= 15 is 0 Å². The van der Waals surface area contributed by atoms with Crippen LogP contribution >= 0.6 is 0 Å². The van der Waals surface area contributed by atoms with E-state index in [1.54, 1.807) is 6.20 Å². The van der Waals surface area contributed by atoms with Gasteiger partial charge in [-0.1, -0.05) is 18.2 Å². The lowest BCUT2D eigenvalue weighted by Gasteiger charge is -2.07. The number of H-pyrrole nitrogens is 1. The summed E-state index contributed by atoms with van der Waals surface area (Å²) in [5.41, 5.74) is 3.38. The summed E-state index contributed by atoms with van der Waals surface area (Å²) in [7, 11) is 0. The van der Waals surface area contributed by atoms with Crippen molar-refractivity contribution < 1.29 is 0 Å². The van der Waals surface area contributed by atoms with Gasteiger partial charge in [-0.2, -0.15) is 10.5 Å². The van der Waals surface area contributed by atoms with Crippen molar-refractivity contribution in [1.82, 2.24) is 25.2 Å². The molecule has 2 N–H and O–H groups in total. The highest BCUT2D eigenvalue weighted by Crippen LogP contribution is 2.21. The second kappa shape index (κ2) is 6.29. The fraction of sp³-hybridized carbons (Fsp3) is 0. The largest absolute Gasteiger partial charge is 0.360 e. The number of nitrogens with one attached hydrogen (secondary N) is 2. The van der Waals surface area contributed by atoms with Crippen molar-refractivity contribution in [3.05, 3.63) is 72.8 Å². The number of hydrogen-bond acceptors (Lipinski definition) is 5. The Hall–Kier alpha value is -3.92. The first-order valence-electron chi connectivity index (χ1n) is 7.62. The van der Waals surface area contributed by atoms with Crippen molar-refractivity contribution in [1.29, 1.82) is 5.26 Å². The van der Waals surface area contributed by atoms with Crippen LogP contribution in [-0.4, -0.2) is 25.2 Å². The van der Waals surface area contributed by atoms with E-state index in [0.29, 0.717) is 5.57 Å². The Labute approximate surface area is 143 Å². The maximum Gasteiger partial charge on any atom is 0.216 e. The van der Waals surface area contributed by atoms with Gasteiger partial charge in [0, 0.05) is 23.8 Å². The first-order valence-corrected chi connectivity index (χ1v) is 7.62. The summed E-state index contributed by atoms with van der Waals surface area (Å²) in [6.45, 7) is 0. The monoisotopic (exact) mass is 327 g/mol. The summed E-state index contributed by atoms with van der Waals surface area (Å²) in [6.07, 6.45) is 3.61. The lowest BCUT2D eigenvalue weighted by molar-refractivity contribution is 0.881. The summed E-state index contributed by atoms with van der Waals surface area (Å²) < 4.78 is 2.13. The molecule has 0 aliphatic rings. The number of para-hydroxylation sites is 1. The zero-order valence-corrected chi connectivity index (χ0v) is 13.1. The number of nitriles is 1. The number of benzene rings is 2. The zero-order valence-electron chi connectivity index (χ0n) is 13.1. The van der Waals surface area contributed by atoms with Gasteiger partial charge in [-0.25, -0.2) is 0 Å². The van der Waals surface area contributed by atoms with Gasteiger partial charge >= 0.3 is 0 Å². The van der Waals surface area contributed by atoms with E-state index in [1.807, 2.05) is 42.5 Å². The fourth-order valence-electron chi connectivity index (χ4n) is 2.60. The molecule has 2 aromatic heterocycles. The van der Waals surface area contributed by atoms with Gasteiger partial charge in [0.25, 0.3) is 0 Å². The van der Waals surface area contributed by atoms with Crippen molar-refractivity contribution in [3.8, 4) is 11.8 Å². The fourth-order valence-corrected chi connectivity index (χ4v) is 2.60. The Morgan fingerprint density at radius 3 is 2.72 bits per heavy atom. The van der Waals surface area contributed by atoms with Crippen molar-refractivity contribution in [2.75, 3.05) is 5.32 Å². The van der Waals surface area contributed by atoms with Crippen molar-refractivity contribution in [2.24, 2.45) is 0 Å². The average Bonchev–Trinajstić information content (AvgIpc) is 3.33. The molecule has 7 heteroatoms. The van der Waals surface area contributed by atoms with E-state index in [1.165, 1.54) is 5.39 Å². The molecule has 0 atom stereocenters. The molecule has 7 nitrogen and oxygen atoms in total. The smallest absolute Gasteiger partial charge is 0.216 e. The van der Waals surface area contributed by atoms with Crippen LogP contribution in [0.3, 0.4) is 0 Å². The Bertz CT molecular complexity index is 1070. The van der Waals surface area contributed by atoms with E-state index in [0.717, 1.165) is 16.9 Å². The molecular weight excluding hydrogens is 314 g/mol. The number of nitrogens with zero attached hydrogens (tertiary/aromatic N) is 5. The van der Waals surface area contributed by atoms with Crippen molar-refractivity contribution in [2.45, 2.75) is 0 Å². The molecule has 0 aliphatic carbocycles. The molecule has 2 heterocycles. The summed E-state index contributed by atoms with van der Waals surface area (Å²) >= 11 is 0. The van der Waals surface area contributed by atoms with E-state index in [9.17, 15) is 0 Å². The van der Waals surface area contributed by atoms with E-state index in [-0.39, 0.29) is 5.82 Å². The van der Waals surface area contributed by atoms with Crippen LogP contribution in [0, 0.1) is 11.3 Å². The second-order valence-electron chi connectivity index (χ2n) is 5.34. The number of rotatable bonds is 4. The van der Waals surface area contributed by atoms with E-state index < -0.39 is 0 Å². The maximum atomic E-state index is 9.16. The normalized spacial score (nSPS) is 11.4. The summed E-state index contributed by atoms with van der Waals surface area (Å²) in [4.78, 5) is 0. The van der Waals surface area contributed by atoms with Crippen LogP contribution < -0.4 is 5.32 Å². The van der Waals surface area contributed by atoms with Crippen LogP contribution in [0.25, 0.3) is 22.2 Å². The van der Waals surface area contributed by atoms with Gasteiger partial charge in [0.05, 0.1) is 5.52 Å². The molecule has 0 saturated heterocycles. The number of anilines is 1. The van der Waals surface area contributed by atoms with Gasteiger partial charge in [0.15, 0.2) is 0 Å². The number of tetrazole rings is 1. The highest BCUT2D eigenvalue weighted by molar-refractivity contribution is 5.82. The number of aromatic amines is 1. The molecule has 120 valence electrons. The topological polar surface area (TPSA) is 95.2 Å². The molecule has 25 heavy (non-hydrogen) atoms. The van der Waals surface area contributed by atoms with Crippen LogP contribution in [0.1, 0.15) is 5.82 Å². The standard InChI is InChI=1S/C18H13N7/c19-11-14(18-21-23-24-22-18)12-20-15-5-7-16(8-6-15)25-10-9-13-3-1-2-4-17(13)25/h1-10,12,20H,(H,21,22,23,24). The first-order chi connectivity index (χ1) is 12.3. The minimum atomic E-state index is 0.255. The molecule has 0 aliphatic heterocycles. The van der Waals surface area contributed by atoms with E-state index in [2.05, 4.69) is 54.9 Å². The minimum absolute atomic E-state index is 0.255. The summed E-state index contributed by atoms with van der Waals surface area (Å²) in [5, 5.41) is 26.8. The van der Waals surface area contributed by atoms with Crippen LogP contribution in [0.5, 0.6) is 0 Å². The van der Waals surface area contributed by atoms with Gasteiger partial charge in [-0.3, -0.25) is 0 Å². The molecule has 4 rings (SSSR count). The molecule has 4 aromatic rings. The number of allylic oxidation sites excluding steroid dienone is 1. The molecule has 0 amide bonds. The third kappa shape index (κ3) is 2.84. The zero-order chi connectivity index (χ0) is 17.1. The Morgan fingerprint density at radius 2 is 1.96 bits per heavy atom. The molecule has 0 saturated carbocycles. The van der Waals surface area contributed by atoms with Gasteiger partial charge in [0.2, 0.25) is 5.82 Å². The number of hydrogen-bond donors (Lipinski definition) is 2. The Kier molecular flexibility index (Phi) is 3.69. The molecule has 0 unspecified atom stereocenters. The Morgan fingerprint density at radius 1 is 1.12 bits per heavy atom. The van der Waals surface area contributed by atoms with Crippen LogP contribution in [0.2, 0.25) is 0 Å². The highest BCUT2D eigenvalue weighted by Gasteiger charge is 2.06. The van der Waals surface area contributed by atoms with Gasteiger partial charge in [-0.05, 0) is 47.0 Å². The second-order valence-corrected chi connectivity index (χ2v) is 5.34. The van der Waals surface area contributed by atoms with Gasteiger partial charge < -0.3 is 9.88 Å².